The molecule has 1 N–H and O–H groups in total. The number of halogens is 1. The minimum atomic E-state index is -0.327. The van der Waals surface area contributed by atoms with E-state index in [2.05, 4.69) is 27.6 Å². The molecular weight excluding hydrogens is 420 g/mol. The molecule has 0 unspecified atom stereocenters. The zero-order valence-electron chi connectivity index (χ0n) is 17.0. The summed E-state index contributed by atoms with van der Waals surface area (Å²) in [4.78, 5) is 12.2. The second-order valence-corrected chi connectivity index (χ2v) is 8.00. The largest absolute Gasteiger partial charge is 0.481 e. The van der Waals surface area contributed by atoms with E-state index < -0.39 is 0 Å². The van der Waals surface area contributed by atoms with E-state index >= 15 is 0 Å². The van der Waals surface area contributed by atoms with Crippen LogP contribution >= 0.6 is 23.4 Å². The lowest BCUT2D eigenvalue weighted by atomic mass is 10.1. The first-order valence-corrected chi connectivity index (χ1v) is 11.2. The monoisotopic (exact) mass is 444 g/mol. The fraction of sp³-hybridized carbons (Fsp3) is 0.318. The topological polar surface area (TPSA) is 69.0 Å². The van der Waals surface area contributed by atoms with Crippen molar-refractivity contribution >= 4 is 29.3 Å². The van der Waals surface area contributed by atoms with Crippen molar-refractivity contribution in [3.8, 4) is 5.75 Å². The first-order chi connectivity index (χ1) is 14.6. The Morgan fingerprint density at radius 1 is 1.17 bits per heavy atom. The molecule has 1 heterocycles. The van der Waals surface area contributed by atoms with Gasteiger partial charge in [0, 0.05) is 13.1 Å². The number of ether oxygens (including phenoxy) is 1. The SMILES string of the molecule is CCn1c(SCC(=O)NCCc2ccccc2)nnc1[C@H](C)Oc1ccccc1Cl. The Hall–Kier alpha value is -2.51. The van der Waals surface area contributed by atoms with Gasteiger partial charge in [-0.25, -0.2) is 0 Å². The lowest BCUT2D eigenvalue weighted by molar-refractivity contribution is -0.118. The molecule has 0 fully saturated rings. The second-order valence-electron chi connectivity index (χ2n) is 6.65. The first kappa shape index (κ1) is 22.2. The molecule has 8 heteroatoms. The summed E-state index contributed by atoms with van der Waals surface area (Å²) >= 11 is 7.55. The zero-order chi connectivity index (χ0) is 21.3. The van der Waals surface area contributed by atoms with Gasteiger partial charge in [-0.2, -0.15) is 0 Å². The maximum absolute atomic E-state index is 12.2. The highest BCUT2D eigenvalue weighted by Gasteiger charge is 2.20. The average Bonchev–Trinajstić information content (AvgIpc) is 3.18. The Morgan fingerprint density at radius 3 is 2.63 bits per heavy atom. The number of carbonyl (C=O) groups is 1. The molecule has 1 atom stereocenters. The van der Waals surface area contributed by atoms with Crippen LogP contribution in [0.2, 0.25) is 5.02 Å². The molecule has 1 amide bonds. The van der Waals surface area contributed by atoms with Gasteiger partial charge in [0.2, 0.25) is 5.91 Å². The quantitative estimate of drug-likeness (QED) is 0.465. The number of carbonyl (C=O) groups excluding carboxylic acids is 1. The Labute approximate surface area is 186 Å². The standard InChI is InChI=1S/C22H25ClN4O2S/c1-3-27-21(16(2)29-19-12-8-7-11-18(19)23)25-26-22(27)30-15-20(28)24-14-13-17-9-5-4-6-10-17/h4-12,16H,3,13-15H2,1-2H3,(H,24,28)/t16-/m0/s1. The van der Waals surface area contributed by atoms with Gasteiger partial charge in [0.15, 0.2) is 17.1 Å². The van der Waals surface area contributed by atoms with E-state index in [1.807, 2.05) is 54.8 Å². The second kappa shape index (κ2) is 11.0. The number of hydrogen-bond acceptors (Lipinski definition) is 5. The van der Waals surface area contributed by atoms with Crippen LogP contribution in [0.3, 0.4) is 0 Å². The third-order valence-electron chi connectivity index (χ3n) is 4.48. The van der Waals surface area contributed by atoms with Gasteiger partial charge in [-0.15, -0.1) is 10.2 Å². The van der Waals surface area contributed by atoms with E-state index in [-0.39, 0.29) is 17.8 Å². The highest BCUT2D eigenvalue weighted by Crippen LogP contribution is 2.29. The molecule has 0 aliphatic rings. The lowest BCUT2D eigenvalue weighted by Gasteiger charge is -2.16. The molecule has 0 bridgehead atoms. The highest BCUT2D eigenvalue weighted by atomic mass is 35.5. The number of para-hydroxylation sites is 1. The Bertz CT molecular complexity index is 965. The van der Waals surface area contributed by atoms with Gasteiger partial charge >= 0.3 is 0 Å². The molecular formula is C22H25ClN4O2S. The van der Waals surface area contributed by atoms with E-state index in [4.69, 9.17) is 16.3 Å². The van der Waals surface area contributed by atoms with Gasteiger partial charge in [-0.1, -0.05) is 65.8 Å². The third-order valence-corrected chi connectivity index (χ3v) is 5.76. The van der Waals surface area contributed by atoms with Crippen LogP contribution in [0.5, 0.6) is 5.75 Å². The summed E-state index contributed by atoms with van der Waals surface area (Å²) in [6.45, 7) is 5.21. The molecule has 0 aliphatic carbocycles. The smallest absolute Gasteiger partial charge is 0.230 e. The van der Waals surface area contributed by atoms with Crippen molar-refractivity contribution in [3.63, 3.8) is 0 Å². The molecule has 0 saturated heterocycles. The summed E-state index contributed by atoms with van der Waals surface area (Å²) < 4.78 is 7.93. The molecule has 6 nitrogen and oxygen atoms in total. The third kappa shape index (κ3) is 6.00. The van der Waals surface area contributed by atoms with E-state index in [1.165, 1.54) is 17.3 Å². The maximum atomic E-state index is 12.2. The fourth-order valence-electron chi connectivity index (χ4n) is 2.96. The molecule has 3 aromatic rings. The van der Waals surface area contributed by atoms with Gasteiger partial charge < -0.3 is 14.6 Å². The van der Waals surface area contributed by atoms with E-state index in [1.54, 1.807) is 6.07 Å². The van der Waals surface area contributed by atoms with Gasteiger partial charge in [0.25, 0.3) is 0 Å². The predicted molar refractivity (Wildman–Crippen MR) is 120 cm³/mol. The summed E-state index contributed by atoms with van der Waals surface area (Å²) in [6.07, 6.45) is 0.482. The molecule has 158 valence electrons. The Balaban J connectivity index is 1.53. The van der Waals surface area contributed by atoms with Crippen LogP contribution in [0.15, 0.2) is 59.8 Å². The molecule has 2 aromatic carbocycles. The number of rotatable bonds is 10. The van der Waals surface area contributed by atoms with E-state index in [0.29, 0.717) is 34.8 Å². The fourth-order valence-corrected chi connectivity index (χ4v) is 3.98. The van der Waals surface area contributed by atoms with Gasteiger partial charge in [0.1, 0.15) is 5.75 Å². The Kier molecular flexibility index (Phi) is 8.16. The molecule has 0 spiro atoms. The molecule has 0 aliphatic heterocycles. The molecule has 3 rings (SSSR count). The van der Waals surface area contributed by atoms with E-state index in [0.717, 1.165) is 6.42 Å². The van der Waals surface area contributed by atoms with Crippen LogP contribution in [0.25, 0.3) is 0 Å². The van der Waals surface area contributed by atoms with Crippen LogP contribution in [0.1, 0.15) is 31.3 Å². The number of thioether (sulfide) groups is 1. The zero-order valence-corrected chi connectivity index (χ0v) is 18.6. The van der Waals surface area contributed by atoms with Crippen molar-refractivity contribution in [3.05, 3.63) is 71.0 Å². The molecule has 0 saturated carbocycles. The summed E-state index contributed by atoms with van der Waals surface area (Å²) in [5.74, 6) is 1.56. The highest BCUT2D eigenvalue weighted by molar-refractivity contribution is 7.99. The number of amides is 1. The Morgan fingerprint density at radius 2 is 1.90 bits per heavy atom. The summed E-state index contributed by atoms with van der Waals surface area (Å²) in [5.41, 5.74) is 1.20. The maximum Gasteiger partial charge on any atom is 0.230 e. The number of aromatic nitrogens is 3. The van der Waals surface area contributed by atoms with Crippen LogP contribution in [-0.2, 0) is 17.8 Å². The minimum Gasteiger partial charge on any atom is -0.481 e. The van der Waals surface area contributed by atoms with Crippen LogP contribution in [0.4, 0.5) is 0 Å². The van der Waals surface area contributed by atoms with Gasteiger partial charge in [-0.3, -0.25) is 4.79 Å². The number of nitrogens with zero attached hydrogens (tertiary/aromatic N) is 3. The predicted octanol–water partition coefficient (Wildman–Crippen LogP) is 4.54. The molecule has 1 aromatic heterocycles. The number of nitrogens with one attached hydrogen (secondary N) is 1. The van der Waals surface area contributed by atoms with Crippen molar-refractivity contribution in [1.82, 2.24) is 20.1 Å². The first-order valence-electron chi connectivity index (χ1n) is 9.86. The van der Waals surface area contributed by atoms with Crippen molar-refractivity contribution in [1.29, 1.82) is 0 Å². The molecule has 30 heavy (non-hydrogen) atoms. The van der Waals surface area contributed by atoms with Crippen LogP contribution < -0.4 is 10.1 Å². The minimum absolute atomic E-state index is 0.0245. The van der Waals surface area contributed by atoms with Gasteiger partial charge in [-0.05, 0) is 38.0 Å². The van der Waals surface area contributed by atoms with Crippen molar-refractivity contribution in [2.45, 2.75) is 38.1 Å². The van der Waals surface area contributed by atoms with Crippen LogP contribution in [-0.4, -0.2) is 33.0 Å². The normalized spacial score (nSPS) is 11.8. The lowest BCUT2D eigenvalue weighted by Crippen LogP contribution is -2.27. The molecule has 0 radical (unpaired) electrons. The average molecular weight is 445 g/mol. The number of benzene rings is 2. The van der Waals surface area contributed by atoms with Crippen LogP contribution in [0, 0.1) is 0 Å². The van der Waals surface area contributed by atoms with E-state index in [9.17, 15) is 4.79 Å². The summed E-state index contributed by atoms with van der Waals surface area (Å²) in [5, 5.41) is 12.7. The summed E-state index contributed by atoms with van der Waals surface area (Å²) in [7, 11) is 0. The van der Waals surface area contributed by atoms with Crippen molar-refractivity contribution in [2.24, 2.45) is 0 Å². The van der Waals surface area contributed by atoms with Crippen molar-refractivity contribution in [2.75, 3.05) is 12.3 Å². The van der Waals surface area contributed by atoms with Gasteiger partial charge in [0.05, 0.1) is 10.8 Å². The van der Waals surface area contributed by atoms with Crippen molar-refractivity contribution < 1.29 is 9.53 Å². The number of hydrogen-bond donors (Lipinski definition) is 1. The summed E-state index contributed by atoms with van der Waals surface area (Å²) in [6, 6.07) is 17.4.